The molecule has 1 nitrogen and oxygen atoms in total. The second-order valence-electron chi connectivity index (χ2n) is 11.6. The summed E-state index contributed by atoms with van der Waals surface area (Å²) in [7, 11) is 0. The Bertz CT molecular complexity index is 2270. The lowest BCUT2D eigenvalue weighted by Crippen LogP contribution is -1.96. The smallest absolute Gasteiger partial charge is 0.0541 e. The maximum Gasteiger partial charge on any atom is 0.0541 e. The lowest BCUT2D eigenvalue weighted by atomic mass is 9.88. The van der Waals surface area contributed by atoms with Gasteiger partial charge in [0.25, 0.3) is 0 Å². The Morgan fingerprint density at radius 2 is 1.25 bits per heavy atom. The second-order valence-corrected chi connectivity index (χ2v) is 11.6. The van der Waals surface area contributed by atoms with E-state index >= 15 is 0 Å². The first-order chi connectivity index (χ1) is 21.8. The van der Waals surface area contributed by atoms with Gasteiger partial charge < -0.3 is 4.57 Å². The molecule has 0 bridgehead atoms. The maximum absolute atomic E-state index is 2.40. The third kappa shape index (κ3) is 4.49. The summed E-state index contributed by atoms with van der Waals surface area (Å²) in [6.07, 6.45) is 15.4. The number of aromatic nitrogens is 1. The van der Waals surface area contributed by atoms with Gasteiger partial charge in [-0.1, -0.05) is 121 Å². The van der Waals surface area contributed by atoms with Crippen LogP contribution >= 0.6 is 0 Å². The van der Waals surface area contributed by atoms with Crippen molar-refractivity contribution < 1.29 is 0 Å². The molecule has 1 aromatic heterocycles. The van der Waals surface area contributed by atoms with Crippen LogP contribution in [0, 0.1) is 0 Å². The van der Waals surface area contributed by atoms with Crippen LogP contribution in [0.2, 0.25) is 0 Å². The van der Waals surface area contributed by atoms with Crippen LogP contribution in [0.5, 0.6) is 0 Å². The zero-order valence-electron chi connectivity index (χ0n) is 24.9. The third-order valence-corrected chi connectivity index (χ3v) is 8.99. The first kappa shape index (κ1) is 26.2. The minimum atomic E-state index is 1.04. The molecule has 1 aliphatic carbocycles. The van der Waals surface area contributed by atoms with Gasteiger partial charge in [-0.15, -0.1) is 0 Å². The Kier molecular flexibility index (Phi) is 6.57. The number of para-hydroxylation sites is 2. The number of fused-ring (bicyclic) bond motifs is 6. The lowest BCUT2D eigenvalue weighted by Gasteiger charge is -2.17. The zero-order valence-corrected chi connectivity index (χ0v) is 24.9. The number of allylic oxidation sites excluding steroid dienone is 7. The number of hydrogen-bond acceptors (Lipinski definition) is 0. The molecule has 8 rings (SSSR count). The van der Waals surface area contributed by atoms with Crippen molar-refractivity contribution in [3.63, 3.8) is 0 Å². The van der Waals surface area contributed by atoms with Gasteiger partial charge in [-0.2, -0.15) is 0 Å². The molecule has 0 saturated carbocycles. The van der Waals surface area contributed by atoms with Crippen molar-refractivity contribution in [3.05, 3.63) is 168 Å². The summed E-state index contributed by atoms with van der Waals surface area (Å²) in [4.78, 5) is 0. The predicted molar refractivity (Wildman–Crippen MR) is 191 cm³/mol. The predicted octanol–water partition coefficient (Wildman–Crippen LogP) is 11.9. The highest BCUT2D eigenvalue weighted by molar-refractivity contribution is 6.12. The minimum Gasteiger partial charge on any atom is -0.309 e. The zero-order chi connectivity index (χ0) is 29.5. The molecule has 0 atom stereocenters. The molecule has 0 fully saturated rings. The summed E-state index contributed by atoms with van der Waals surface area (Å²) >= 11 is 0. The van der Waals surface area contributed by atoms with Gasteiger partial charge in [0.05, 0.1) is 11.0 Å². The van der Waals surface area contributed by atoms with Crippen molar-refractivity contribution >= 4 is 60.6 Å². The van der Waals surface area contributed by atoms with E-state index in [1.807, 2.05) is 0 Å². The number of rotatable bonds is 5. The van der Waals surface area contributed by atoms with Gasteiger partial charge in [0, 0.05) is 16.5 Å². The monoisotopic (exact) mass is 563 g/mol. The number of hydrogen-bond donors (Lipinski definition) is 0. The molecular weight excluding hydrogens is 530 g/mol. The fraction of sp³-hybridized carbons (Fsp3) is 0.0698. The van der Waals surface area contributed by atoms with E-state index in [1.165, 1.54) is 76.9 Å². The Morgan fingerprint density at radius 1 is 0.591 bits per heavy atom. The van der Waals surface area contributed by atoms with Crippen LogP contribution in [0.25, 0.3) is 66.3 Å². The fourth-order valence-corrected chi connectivity index (χ4v) is 6.88. The summed E-state index contributed by atoms with van der Waals surface area (Å²) in [5.74, 6) is 0. The summed E-state index contributed by atoms with van der Waals surface area (Å²) < 4.78 is 2.38. The van der Waals surface area contributed by atoms with Gasteiger partial charge in [0.15, 0.2) is 0 Å². The number of nitrogens with zero attached hydrogens (tertiary/aromatic N) is 1. The van der Waals surface area contributed by atoms with E-state index in [0.29, 0.717) is 0 Å². The van der Waals surface area contributed by atoms with Crippen molar-refractivity contribution in [1.82, 2.24) is 4.57 Å². The lowest BCUT2D eigenvalue weighted by molar-refractivity contribution is 1.06. The van der Waals surface area contributed by atoms with Crippen molar-refractivity contribution in [3.8, 4) is 5.69 Å². The van der Waals surface area contributed by atoms with E-state index in [2.05, 4.69) is 169 Å². The highest BCUT2D eigenvalue weighted by Gasteiger charge is 2.14. The standard InChI is InChI=1S/C43H33N/c1-2-3-4-12-34-29-35-28-33(23-26-38(35)39-16-6-5-15-37(34)39)32-14-11-13-31(27-32)30-21-24-36(25-22-30)44-42-19-9-7-17-40(42)41-18-8-10-20-43(41)44/h2-10,12-13,15-29H,11,14H2,1H3/b3-2-,12-4-. The Balaban J connectivity index is 1.15. The Labute approximate surface area is 258 Å². The van der Waals surface area contributed by atoms with Crippen molar-refractivity contribution in [2.45, 2.75) is 19.8 Å². The van der Waals surface area contributed by atoms with Gasteiger partial charge in [0.2, 0.25) is 0 Å². The van der Waals surface area contributed by atoms with Crippen LogP contribution in [-0.2, 0) is 0 Å². The van der Waals surface area contributed by atoms with Gasteiger partial charge in [0.1, 0.15) is 0 Å². The molecule has 0 radical (unpaired) electrons. The van der Waals surface area contributed by atoms with E-state index in [0.717, 1.165) is 12.8 Å². The van der Waals surface area contributed by atoms with Crippen molar-refractivity contribution in [2.24, 2.45) is 0 Å². The third-order valence-electron chi connectivity index (χ3n) is 8.99. The van der Waals surface area contributed by atoms with E-state index < -0.39 is 0 Å². The van der Waals surface area contributed by atoms with Crippen LogP contribution in [0.4, 0.5) is 0 Å². The van der Waals surface area contributed by atoms with Crippen LogP contribution < -0.4 is 0 Å². The average molecular weight is 564 g/mol. The Morgan fingerprint density at radius 3 is 1.98 bits per heavy atom. The summed E-state index contributed by atoms with van der Waals surface area (Å²) in [5.41, 5.74) is 10.2. The van der Waals surface area contributed by atoms with Gasteiger partial charge in [-0.25, -0.2) is 0 Å². The average Bonchev–Trinajstić information content (AvgIpc) is 3.43. The van der Waals surface area contributed by atoms with Crippen LogP contribution in [0.15, 0.2) is 152 Å². The molecule has 0 unspecified atom stereocenters. The minimum absolute atomic E-state index is 1.04. The molecule has 44 heavy (non-hydrogen) atoms. The normalized spacial score (nSPS) is 13.9. The molecule has 1 heteroatoms. The molecule has 6 aromatic carbocycles. The molecule has 1 heterocycles. The first-order valence-electron chi connectivity index (χ1n) is 15.5. The molecule has 0 amide bonds. The highest BCUT2D eigenvalue weighted by atomic mass is 15.0. The summed E-state index contributed by atoms with van der Waals surface area (Å²) in [6, 6.07) is 44.6. The molecule has 0 spiro atoms. The van der Waals surface area contributed by atoms with Gasteiger partial charge in [-0.3, -0.25) is 0 Å². The van der Waals surface area contributed by atoms with E-state index in [1.54, 1.807) is 0 Å². The molecule has 7 aromatic rings. The van der Waals surface area contributed by atoms with Crippen molar-refractivity contribution in [2.75, 3.05) is 0 Å². The number of benzene rings is 6. The maximum atomic E-state index is 2.40. The Hall–Kier alpha value is -5.40. The largest absolute Gasteiger partial charge is 0.309 e. The van der Waals surface area contributed by atoms with E-state index in [4.69, 9.17) is 0 Å². The molecular formula is C43H33N. The topological polar surface area (TPSA) is 4.93 Å². The molecule has 1 aliphatic rings. The molecule has 0 N–H and O–H groups in total. The summed E-state index contributed by atoms with van der Waals surface area (Å²) in [5, 5.41) is 7.77. The highest BCUT2D eigenvalue weighted by Crippen LogP contribution is 2.36. The molecule has 0 aliphatic heterocycles. The fourth-order valence-electron chi connectivity index (χ4n) is 6.88. The first-order valence-corrected chi connectivity index (χ1v) is 15.5. The van der Waals surface area contributed by atoms with Crippen molar-refractivity contribution in [1.29, 1.82) is 0 Å². The van der Waals surface area contributed by atoms with Crippen LogP contribution in [0.1, 0.15) is 36.5 Å². The van der Waals surface area contributed by atoms with Crippen LogP contribution in [-0.4, -0.2) is 4.57 Å². The van der Waals surface area contributed by atoms with E-state index in [9.17, 15) is 0 Å². The SMILES string of the molecule is C/C=C\C=C/c1cc2cc(C3=CC(c4ccc(-n5c6ccccc6c6ccccc65)cc4)=CCC3)ccc2c2ccccc12. The molecule has 0 saturated heterocycles. The quantitative estimate of drug-likeness (QED) is 0.145. The van der Waals surface area contributed by atoms with E-state index in [-0.39, 0.29) is 0 Å². The second kappa shape index (κ2) is 11.0. The van der Waals surface area contributed by atoms with Crippen LogP contribution in [0.3, 0.4) is 0 Å². The van der Waals surface area contributed by atoms with Gasteiger partial charge >= 0.3 is 0 Å². The van der Waals surface area contributed by atoms with Gasteiger partial charge in [-0.05, 0) is 106 Å². The molecule has 210 valence electrons. The summed E-state index contributed by atoms with van der Waals surface area (Å²) in [6.45, 7) is 2.05.